The van der Waals surface area contributed by atoms with E-state index in [0.717, 1.165) is 0 Å². The summed E-state index contributed by atoms with van der Waals surface area (Å²) in [5.74, 6) is 0. The van der Waals surface area contributed by atoms with Gasteiger partial charge >= 0.3 is 0 Å². The van der Waals surface area contributed by atoms with Crippen LogP contribution in [0.25, 0.3) is 55.0 Å². The second kappa shape index (κ2) is 15.1. The van der Waals surface area contributed by atoms with Gasteiger partial charge in [-0.3, -0.25) is 0 Å². The molecular formula is C67H68BN3. The highest BCUT2D eigenvalue weighted by Crippen LogP contribution is 2.48. The van der Waals surface area contributed by atoms with Gasteiger partial charge in [-0.1, -0.05) is 181 Å². The third-order valence-electron chi connectivity index (χ3n) is 16.4. The van der Waals surface area contributed by atoms with Crippen LogP contribution in [-0.2, 0) is 27.1 Å². The lowest BCUT2D eigenvalue weighted by Crippen LogP contribution is -2.64. The van der Waals surface area contributed by atoms with Crippen LogP contribution >= 0.6 is 0 Å². The number of fused-ring (bicyclic) bond motifs is 10. The Morgan fingerprint density at radius 1 is 0.352 bits per heavy atom. The summed E-state index contributed by atoms with van der Waals surface area (Å²) in [4.78, 5) is 2.63. The number of aromatic nitrogens is 2. The monoisotopic (exact) mass is 926 g/mol. The lowest BCUT2D eigenvalue weighted by atomic mass is 9.30. The van der Waals surface area contributed by atoms with Crippen molar-refractivity contribution in [2.45, 2.75) is 124 Å². The minimum Gasteiger partial charge on any atom is -0.311 e. The highest BCUT2D eigenvalue weighted by atomic mass is 15.2. The topological polar surface area (TPSA) is 13.1 Å². The first-order valence-corrected chi connectivity index (χ1v) is 26.0. The van der Waals surface area contributed by atoms with Crippen molar-refractivity contribution in [3.05, 3.63) is 191 Å². The zero-order valence-electron chi connectivity index (χ0n) is 44.4. The van der Waals surface area contributed by atoms with Gasteiger partial charge in [0.1, 0.15) is 0 Å². The van der Waals surface area contributed by atoms with Crippen molar-refractivity contribution >= 4 is 83.8 Å². The lowest BCUT2D eigenvalue weighted by molar-refractivity contribution is 0.583. The molecular weight excluding hydrogens is 858 g/mol. The summed E-state index contributed by atoms with van der Waals surface area (Å²) in [5, 5.41) is 5.19. The zero-order chi connectivity index (χ0) is 49.9. The van der Waals surface area contributed by atoms with Gasteiger partial charge in [0.15, 0.2) is 0 Å². The van der Waals surface area contributed by atoms with Crippen LogP contribution in [0.4, 0.5) is 17.1 Å². The minimum absolute atomic E-state index is 0.00181. The van der Waals surface area contributed by atoms with Crippen molar-refractivity contribution in [3.63, 3.8) is 0 Å². The predicted octanol–water partition coefficient (Wildman–Crippen LogP) is 16.0. The van der Waals surface area contributed by atoms with Crippen LogP contribution in [0.15, 0.2) is 158 Å². The third-order valence-corrected chi connectivity index (χ3v) is 16.4. The smallest absolute Gasteiger partial charge is 0.247 e. The maximum Gasteiger partial charge on any atom is 0.247 e. The van der Waals surface area contributed by atoms with E-state index >= 15 is 0 Å². The standard InChI is InChI=1S/C67H68BN3/c1-63(2,3)41-25-29-47(30-26-41)71-60-40-59-51(49-34-43(65(7,8)9)28-32-57(49)70(59)46-23-19-16-20-24-46)38-55(60)68-54-37-50-48-33-42(64(4,5)6)27-31-56(48)69(45-21-17-15-18-22-45)58(50)39-52(54)67(13,14)53-35-44(66(10,11)12)36-61(71)62(53)68/h15-40H,1-14H3. The molecule has 8 aromatic carbocycles. The Balaban J connectivity index is 1.26. The van der Waals surface area contributed by atoms with Crippen molar-refractivity contribution in [2.24, 2.45) is 0 Å². The molecule has 0 bridgehead atoms. The molecule has 0 unspecified atom stereocenters. The first kappa shape index (κ1) is 45.4. The van der Waals surface area contributed by atoms with Crippen LogP contribution in [0.1, 0.15) is 130 Å². The molecule has 3 nitrogen and oxygen atoms in total. The van der Waals surface area contributed by atoms with Crippen molar-refractivity contribution in [2.75, 3.05) is 4.90 Å². The lowest BCUT2D eigenvalue weighted by Gasteiger charge is -2.46. The van der Waals surface area contributed by atoms with Crippen molar-refractivity contribution < 1.29 is 0 Å². The second-order valence-electron chi connectivity index (χ2n) is 25.6. The fourth-order valence-electron chi connectivity index (χ4n) is 12.2. The summed E-state index contributed by atoms with van der Waals surface area (Å²) in [5.41, 5.74) is 23.0. The van der Waals surface area contributed by atoms with E-state index in [9.17, 15) is 0 Å². The van der Waals surface area contributed by atoms with Gasteiger partial charge in [-0.15, -0.1) is 0 Å². The Hall–Kier alpha value is -6.78. The van der Waals surface area contributed by atoms with E-state index in [2.05, 4.69) is 269 Å². The molecule has 0 spiro atoms. The largest absolute Gasteiger partial charge is 0.311 e. The van der Waals surface area contributed by atoms with Gasteiger partial charge in [0.2, 0.25) is 6.71 Å². The molecule has 10 aromatic rings. The summed E-state index contributed by atoms with van der Waals surface area (Å²) in [6.07, 6.45) is 0. The minimum atomic E-state index is -0.325. The normalized spacial score (nSPS) is 14.7. The van der Waals surface area contributed by atoms with E-state index in [1.165, 1.54) is 122 Å². The molecule has 0 saturated carbocycles. The van der Waals surface area contributed by atoms with Crippen LogP contribution in [0, 0.1) is 0 Å². The molecule has 4 heterocycles. The van der Waals surface area contributed by atoms with Gasteiger partial charge in [0, 0.05) is 55.4 Å². The molecule has 0 fully saturated rings. The Bertz CT molecular complexity index is 3800. The molecule has 0 atom stereocenters. The third kappa shape index (κ3) is 6.91. The van der Waals surface area contributed by atoms with Gasteiger partial charge in [-0.25, -0.2) is 0 Å². The Morgan fingerprint density at radius 3 is 1.30 bits per heavy atom. The van der Waals surface area contributed by atoms with Gasteiger partial charge in [0.05, 0.1) is 22.1 Å². The van der Waals surface area contributed by atoms with Crippen LogP contribution in [-0.4, -0.2) is 15.8 Å². The number of rotatable bonds is 3. The van der Waals surface area contributed by atoms with E-state index in [-0.39, 0.29) is 33.8 Å². The van der Waals surface area contributed by atoms with E-state index in [1.807, 2.05) is 0 Å². The first-order valence-electron chi connectivity index (χ1n) is 26.0. The first-order chi connectivity index (χ1) is 33.5. The molecule has 71 heavy (non-hydrogen) atoms. The molecule has 0 radical (unpaired) electrons. The summed E-state index contributed by atoms with van der Waals surface area (Å²) >= 11 is 0. The van der Waals surface area contributed by atoms with Crippen molar-refractivity contribution in [1.29, 1.82) is 0 Å². The highest BCUT2D eigenvalue weighted by molar-refractivity contribution is 6.99. The maximum atomic E-state index is 2.63. The molecule has 0 aliphatic carbocycles. The van der Waals surface area contributed by atoms with Crippen molar-refractivity contribution in [3.8, 4) is 11.4 Å². The van der Waals surface area contributed by atoms with Gasteiger partial charge in [0.25, 0.3) is 0 Å². The molecule has 2 aromatic heterocycles. The molecule has 2 aliphatic rings. The summed E-state index contributed by atoms with van der Waals surface area (Å²) in [6.45, 7) is 33.0. The second-order valence-corrected chi connectivity index (χ2v) is 25.6. The fraction of sp³-hybridized carbons (Fsp3) is 0.284. The summed E-state index contributed by atoms with van der Waals surface area (Å²) in [6, 6.07) is 61.4. The zero-order valence-corrected chi connectivity index (χ0v) is 44.4. The average molecular weight is 926 g/mol. The molecule has 0 amide bonds. The molecule has 354 valence electrons. The van der Waals surface area contributed by atoms with Crippen LogP contribution in [0.5, 0.6) is 0 Å². The average Bonchev–Trinajstić information content (AvgIpc) is 3.82. The molecule has 2 aliphatic heterocycles. The number of hydrogen-bond donors (Lipinski definition) is 0. The fourth-order valence-corrected chi connectivity index (χ4v) is 12.2. The van der Waals surface area contributed by atoms with E-state index in [0.29, 0.717) is 0 Å². The summed E-state index contributed by atoms with van der Waals surface area (Å²) in [7, 11) is 0. The van der Waals surface area contributed by atoms with Crippen molar-refractivity contribution in [1.82, 2.24) is 9.13 Å². The predicted molar refractivity (Wildman–Crippen MR) is 308 cm³/mol. The Kier molecular flexibility index (Phi) is 9.66. The quantitative estimate of drug-likeness (QED) is 0.161. The number of anilines is 3. The van der Waals surface area contributed by atoms with E-state index in [4.69, 9.17) is 0 Å². The van der Waals surface area contributed by atoms with E-state index < -0.39 is 0 Å². The van der Waals surface area contributed by atoms with Crippen LogP contribution in [0.3, 0.4) is 0 Å². The molecule has 4 heteroatoms. The van der Waals surface area contributed by atoms with Crippen LogP contribution < -0.4 is 21.3 Å². The SMILES string of the molecule is CC(C)(C)c1ccc(N2c3cc4c(cc3B3c5cc6c7cc(C(C)(C)C)ccc7n(-c7ccccc7)c6cc5C(C)(C)c5cc(C(C)(C)C)cc2c53)c2cc(C(C)(C)C)ccc2n4-c2ccccc2)cc1. The molecule has 0 saturated heterocycles. The van der Waals surface area contributed by atoms with Crippen LogP contribution in [0.2, 0.25) is 0 Å². The molecule has 0 N–H and O–H groups in total. The summed E-state index contributed by atoms with van der Waals surface area (Å²) < 4.78 is 5.03. The van der Waals surface area contributed by atoms with Gasteiger partial charge in [-0.2, -0.15) is 0 Å². The highest BCUT2D eigenvalue weighted by Gasteiger charge is 2.48. The number of para-hydroxylation sites is 2. The van der Waals surface area contributed by atoms with Gasteiger partial charge in [-0.05, 0) is 145 Å². The molecule has 12 rings (SSSR count). The Morgan fingerprint density at radius 2 is 0.803 bits per heavy atom. The number of hydrogen-bond acceptors (Lipinski definition) is 1. The van der Waals surface area contributed by atoms with E-state index in [1.54, 1.807) is 0 Å². The maximum absolute atomic E-state index is 2.63. The number of nitrogens with zero attached hydrogens (tertiary/aromatic N) is 3. The van der Waals surface area contributed by atoms with Gasteiger partial charge < -0.3 is 14.0 Å². The number of benzene rings is 8. The Labute approximate surface area is 422 Å².